The van der Waals surface area contributed by atoms with Gasteiger partial charge in [-0.3, -0.25) is 13.8 Å². The highest BCUT2D eigenvalue weighted by molar-refractivity contribution is 7.86. The summed E-state index contributed by atoms with van der Waals surface area (Å²) in [5.41, 5.74) is 0.487. The smallest absolute Gasteiger partial charge is 0.306 e. The Bertz CT molecular complexity index is 1020. The Morgan fingerprint density at radius 1 is 1.21 bits per heavy atom. The van der Waals surface area contributed by atoms with Crippen LogP contribution in [0, 0.1) is 5.82 Å². The van der Waals surface area contributed by atoms with Crippen LogP contribution < -0.4 is 0 Å². The van der Waals surface area contributed by atoms with Gasteiger partial charge in [-0.25, -0.2) is 4.39 Å². The molecule has 2 aromatic carbocycles. The topological polar surface area (TPSA) is 83.9 Å². The molecule has 1 heterocycles. The molecule has 0 saturated carbocycles. The molecule has 3 unspecified atom stereocenters. The lowest BCUT2D eigenvalue weighted by Crippen LogP contribution is -2.51. The van der Waals surface area contributed by atoms with Gasteiger partial charge in [0.15, 0.2) is 0 Å². The highest BCUT2D eigenvalue weighted by atomic mass is 35.5. The van der Waals surface area contributed by atoms with E-state index in [1.54, 1.807) is 6.07 Å². The zero-order chi connectivity index (χ0) is 25.5. The lowest BCUT2D eigenvalue weighted by atomic mass is 10.0. The summed E-state index contributed by atoms with van der Waals surface area (Å²) in [5.74, 6) is -2.05. The molecule has 2 aromatic rings. The van der Waals surface area contributed by atoms with Crippen LogP contribution in [0.5, 0.6) is 0 Å². The van der Waals surface area contributed by atoms with E-state index < -0.39 is 51.8 Å². The Labute approximate surface area is 211 Å². The van der Waals surface area contributed by atoms with E-state index in [-0.39, 0.29) is 23.9 Å². The minimum atomic E-state index is -1.20. The summed E-state index contributed by atoms with van der Waals surface area (Å²) < 4.78 is 31.3. The number of hydrogen-bond acceptors (Lipinski definition) is 4. The fourth-order valence-corrected chi connectivity index (χ4v) is 4.41. The van der Waals surface area contributed by atoms with Gasteiger partial charge in [0.25, 0.3) is 5.91 Å². The van der Waals surface area contributed by atoms with Crippen LogP contribution in [-0.4, -0.2) is 55.8 Å². The Morgan fingerprint density at radius 2 is 1.85 bits per heavy atom. The second kappa shape index (κ2) is 12.6. The fraction of sp³-hybridized carbons (Fsp3) is 0.417. The Hall–Kier alpha value is -2.00. The molecule has 1 amide bonds. The molecule has 3 rings (SSSR count). The minimum Gasteiger partial charge on any atom is -0.481 e. The molecular formula is C24H28Cl2FNO5S. The average molecular weight is 532 g/mol. The summed E-state index contributed by atoms with van der Waals surface area (Å²) in [6, 6.07) is 13.1. The number of amides is 1. The second-order valence-corrected chi connectivity index (χ2v) is 11.8. The average Bonchev–Trinajstić information content (AvgIpc) is 2.76. The van der Waals surface area contributed by atoms with Crippen LogP contribution in [0.2, 0.25) is 10.0 Å². The van der Waals surface area contributed by atoms with E-state index in [1.165, 1.54) is 17.0 Å². The van der Waals surface area contributed by atoms with E-state index in [9.17, 15) is 18.2 Å². The minimum absolute atomic E-state index is 0.0207. The Morgan fingerprint density at radius 3 is 2.35 bits per heavy atom. The van der Waals surface area contributed by atoms with Crippen molar-refractivity contribution in [3.63, 3.8) is 0 Å². The number of benzene rings is 2. The summed E-state index contributed by atoms with van der Waals surface area (Å²) in [6.45, 7) is 5.68. The molecule has 0 radical (unpaired) electrons. The molecule has 1 saturated heterocycles. The molecule has 10 heteroatoms. The lowest BCUT2D eigenvalue weighted by molar-refractivity contribution is -0.165. The number of carboxylic acid groups (broad SMARTS) is 1. The Balaban J connectivity index is 0.000000497. The molecule has 1 N–H and O–H groups in total. The van der Waals surface area contributed by atoms with Crippen molar-refractivity contribution in [2.45, 2.75) is 44.1 Å². The highest BCUT2D eigenvalue weighted by Gasteiger charge is 2.38. The molecule has 6 nitrogen and oxygen atoms in total. The van der Waals surface area contributed by atoms with Gasteiger partial charge in [0, 0.05) is 32.9 Å². The SMILES string of the molecule is CC(C)(C)S(=O)CCN1C(=O)C(CC(=O)O)OCC1c1ccc(Cl)c(F)c1.Clc1ccccc1. The largest absolute Gasteiger partial charge is 0.481 e. The standard InChI is InChI=1S/C18H23ClFNO5S.C6H5Cl/c1-18(2,3)27(25)7-6-21-14(11-4-5-12(19)13(20)8-11)10-26-15(17(21)24)9-16(22)23;7-6-4-2-1-3-5-6/h4-5,8,14-15H,6-7,9-10H2,1-3H3,(H,22,23);1-5H. The number of rotatable bonds is 6. The van der Waals surface area contributed by atoms with E-state index in [1.807, 2.05) is 51.1 Å². The normalized spacial score (nSPS) is 19.2. The number of carboxylic acids is 1. The monoisotopic (exact) mass is 531 g/mol. The second-order valence-electron chi connectivity index (χ2n) is 8.60. The number of carbonyl (C=O) groups is 2. The van der Waals surface area contributed by atoms with Crippen molar-refractivity contribution in [2.75, 3.05) is 18.9 Å². The van der Waals surface area contributed by atoms with Gasteiger partial charge in [-0.05, 0) is 50.6 Å². The lowest BCUT2D eigenvalue weighted by Gasteiger charge is -2.39. The third-order valence-corrected chi connectivity index (χ3v) is 7.49. The predicted octanol–water partition coefficient (Wildman–Crippen LogP) is 5.11. The molecular weight excluding hydrogens is 504 g/mol. The summed E-state index contributed by atoms with van der Waals surface area (Å²) in [4.78, 5) is 25.2. The zero-order valence-electron chi connectivity index (χ0n) is 19.2. The number of aliphatic carboxylic acids is 1. The van der Waals surface area contributed by atoms with Crippen molar-refractivity contribution in [3.05, 3.63) is 70.0 Å². The first-order valence-electron chi connectivity index (χ1n) is 10.6. The molecule has 186 valence electrons. The van der Waals surface area contributed by atoms with Gasteiger partial charge in [0.2, 0.25) is 0 Å². The van der Waals surface area contributed by atoms with E-state index in [2.05, 4.69) is 0 Å². The van der Waals surface area contributed by atoms with Gasteiger partial charge >= 0.3 is 5.97 Å². The van der Waals surface area contributed by atoms with Crippen LogP contribution >= 0.6 is 23.2 Å². The third-order valence-electron chi connectivity index (χ3n) is 5.01. The van der Waals surface area contributed by atoms with Gasteiger partial charge in [-0.1, -0.05) is 47.5 Å². The van der Waals surface area contributed by atoms with E-state index >= 15 is 0 Å². The maximum Gasteiger partial charge on any atom is 0.306 e. The first-order chi connectivity index (χ1) is 15.9. The number of nitrogens with zero attached hydrogens (tertiary/aromatic N) is 1. The summed E-state index contributed by atoms with van der Waals surface area (Å²) in [5, 5.41) is 9.74. The van der Waals surface area contributed by atoms with Crippen molar-refractivity contribution in [1.82, 2.24) is 4.90 Å². The molecule has 1 aliphatic heterocycles. The summed E-state index contributed by atoms with van der Waals surface area (Å²) in [7, 11) is -1.20. The van der Waals surface area contributed by atoms with E-state index in [0.717, 1.165) is 5.02 Å². The fourth-order valence-electron chi connectivity index (χ4n) is 3.18. The van der Waals surface area contributed by atoms with Crippen LogP contribution in [0.3, 0.4) is 0 Å². The van der Waals surface area contributed by atoms with Crippen molar-refractivity contribution >= 4 is 45.9 Å². The number of hydrogen-bond donors (Lipinski definition) is 1. The van der Waals surface area contributed by atoms with Crippen LogP contribution in [0.1, 0.15) is 38.8 Å². The van der Waals surface area contributed by atoms with E-state index in [4.69, 9.17) is 33.0 Å². The van der Waals surface area contributed by atoms with Crippen molar-refractivity contribution in [2.24, 2.45) is 0 Å². The zero-order valence-corrected chi connectivity index (χ0v) is 21.5. The van der Waals surface area contributed by atoms with Crippen LogP contribution in [0.25, 0.3) is 0 Å². The Kier molecular flexibility index (Phi) is 10.5. The number of halogens is 3. The molecule has 1 fully saturated rings. The maximum atomic E-state index is 13.9. The van der Waals surface area contributed by atoms with E-state index in [0.29, 0.717) is 5.56 Å². The number of ether oxygens (including phenoxy) is 1. The van der Waals surface area contributed by atoms with Crippen LogP contribution in [0.15, 0.2) is 48.5 Å². The molecule has 0 aliphatic carbocycles. The summed E-state index contributed by atoms with van der Waals surface area (Å²) in [6.07, 6.45) is -1.57. The van der Waals surface area contributed by atoms with Crippen LogP contribution in [-0.2, 0) is 25.1 Å². The van der Waals surface area contributed by atoms with Crippen molar-refractivity contribution in [1.29, 1.82) is 0 Å². The predicted molar refractivity (Wildman–Crippen MR) is 132 cm³/mol. The maximum absolute atomic E-state index is 13.9. The number of morpholine rings is 1. The van der Waals surface area contributed by atoms with Crippen molar-refractivity contribution < 1.29 is 28.0 Å². The first kappa shape index (κ1) is 28.2. The first-order valence-corrected chi connectivity index (χ1v) is 12.7. The van der Waals surface area contributed by atoms with Gasteiger partial charge in [-0.15, -0.1) is 0 Å². The van der Waals surface area contributed by atoms with Gasteiger partial charge in [0.05, 0.1) is 24.1 Å². The number of carbonyl (C=O) groups excluding carboxylic acids is 1. The van der Waals surface area contributed by atoms with Crippen LogP contribution in [0.4, 0.5) is 4.39 Å². The summed E-state index contributed by atoms with van der Waals surface area (Å²) >= 11 is 11.3. The van der Waals surface area contributed by atoms with Crippen molar-refractivity contribution in [3.8, 4) is 0 Å². The van der Waals surface area contributed by atoms with Gasteiger partial charge in [-0.2, -0.15) is 0 Å². The quantitative estimate of drug-likeness (QED) is 0.559. The molecule has 0 spiro atoms. The molecule has 0 bridgehead atoms. The molecule has 1 aliphatic rings. The molecule has 34 heavy (non-hydrogen) atoms. The highest BCUT2D eigenvalue weighted by Crippen LogP contribution is 2.30. The molecule has 0 aromatic heterocycles. The third kappa shape index (κ3) is 8.34. The van der Waals surface area contributed by atoms with Gasteiger partial charge < -0.3 is 14.7 Å². The van der Waals surface area contributed by atoms with Gasteiger partial charge in [0.1, 0.15) is 11.9 Å². The molecule has 3 atom stereocenters.